The monoisotopic (exact) mass is 352 g/mol. The Kier molecular flexibility index (Phi) is 5.84. The van der Waals surface area contributed by atoms with Crippen LogP contribution in [-0.2, 0) is 13.0 Å². The zero-order valence-electron chi connectivity index (χ0n) is 15.0. The maximum Gasteiger partial charge on any atom is 0.125 e. The van der Waals surface area contributed by atoms with E-state index in [1.54, 1.807) is 11.3 Å². The van der Waals surface area contributed by atoms with Gasteiger partial charge < -0.3 is 10.1 Å². The Morgan fingerprint density at radius 1 is 1.08 bits per heavy atom. The molecule has 0 saturated carbocycles. The molecule has 0 spiro atoms. The van der Waals surface area contributed by atoms with Crippen LogP contribution < -0.4 is 10.1 Å². The van der Waals surface area contributed by atoms with Gasteiger partial charge in [-0.15, -0.1) is 11.3 Å². The topological polar surface area (TPSA) is 34.2 Å². The number of aromatic nitrogens is 1. The number of benzene rings is 2. The number of hydrogen-bond acceptors (Lipinski definition) is 4. The van der Waals surface area contributed by atoms with Crippen molar-refractivity contribution in [1.82, 2.24) is 10.3 Å². The molecule has 0 aliphatic carbocycles. The van der Waals surface area contributed by atoms with E-state index < -0.39 is 0 Å². The van der Waals surface area contributed by atoms with Gasteiger partial charge in [-0.05, 0) is 49.7 Å². The molecule has 1 aromatic heterocycles. The van der Waals surface area contributed by atoms with E-state index in [2.05, 4.69) is 48.8 Å². The highest BCUT2D eigenvalue weighted by atomic mass is 32.1. The zero-order valence-corrected chi connectivity index (χ0v) is 15.8. The van der Waals surface area contributed by atoms with Crippen LogP contribution in [0.15, 0.2) is 47.8 Å². The molecule has 3 nitrogen and oxygen atoms in total. The quantitative estimate of drug-likeness (QED) is 0.665. The van der Waals surface area contributed by atoms with Gasteiger partial charge in [-0.2, -0.15) is 0 Å². The first-order chi connectivity index (χ1) is 12.2. The second-order valence-corrected chi connectivity index (χ2v) is 7.14. The minimum absolute atomic E-state index is 0.590. The van der Waals surface area contributed by atoms with Crippen molar-refractivity contribution in [2.45, 2.75) is 26.9 Å². The minimum atomic E-state index is 0.590. The van der Waals surface area contributed by atoms with Crippen LogP contribution in [0.3, 0.4) is 0 Å². The molecule has 0 amide bonds. The van der Waals surface area contributed by atoms with E-state index in [4.69, 9.17) is 9.72 Å². The largest absolute Gasteiger partial charge is 0.488 e. The molecule has 0 atom stereocenters. The number of ether oxygens (including phenoxy) is 1. The van der Waals surface area contributed by atoms with Crippen molar-refractivity contribution in [2.75, 3.05) is 13.6 Å². The lowest BCUT2D eigenvalue weighted by Gasteiger charge is -2.13. The van der Waals surface area contributed by atoms with E-state index in [1.807, 2.05) is 25.2 Å². The first kappa shape index (κ1) is 17.6. The average molecular weight is 353 g/mol. The Hall–Kier alpha value is -2.17. The van der Waals surface area contributed by atoms with Gasteiger partial charge in [-0.25, -0.2) is 4.98 Å². The third-order valence-corrected chi connectivity index (χ3v) is 5.03. The lowest BCUT2D eigenvalue weighted by Crippen LogP contribution is -2.09. The Bertz CT molecular complexity index is 804. The molecule has 3 rings (SSSR count). The summed E-state index contributed by atoms with van der Waals surface area (Å²) >= 11 is 1.73. The number of nitrogens with zero attached hydrogens (tertiary/aromatic N) is 1. The highest BCUT2D eigenvalue weighted by Gasteiger charge is 2.11. The van der Waals surface area contributed by atoms with Gasteiger partial charge >= 0.3 is 0 Å². The molecular weight excluding hydrogens is 328 g/mol. The predicted octanol–water partition coefficient (Wildman–Crippen LogP) is 4.77. The second kappa shape index (κ2) is 8.28. The Morgan fingerprint density at radius 3 is 2.48 bits per heavy atom. The van der Waals surface area contributed by atoms with Crippen molar-refractivity contribution in [2.24, 2.45) is 0 Å². The number of rotatable bonds is 7. The molecule has 1 heterocycles. The molecule has 0 aliphatic heterocycles. The molecular formula is C21H24N2OS. The maximum absolute atomic E-state index is 6.08. The molecule has 4 heteroatoms. The van der Waals surface area contributed by atoms with Gasteiger partial charge in [-0.1, -0.05) is 30.3 Å². The van der Waals surface area contributed by atoms with E-state index in [9.17, 15) is 0 Å². The summed E-state index contributed by atoms with van der Waals surface area (Å²) in [5.74, 6) is 0.971. The number of thiazole rings is 1. The first-order valence-corrected chi connectivity index (χ1v) is 9.42. The lowest BCUT2D eigenvalue weighted by molar-refractivity contribution is 0.302. The maximum atomic E-state index is 6.08. The molecule has 0 saturated heterocycles. The fraction of sp³-hybridized carbons (Fsp3) is 0.286. The van der Waals surface area contributed by atoms with Gasteiger partial charge in [0.1, 0.15) is 12.4 Å². The first-order valence-electron chi connectivity index (χ1n) is 8.54. The van der Waals surface area contributed by atoms with E-state index >= 15 is 0 Å². The Labute approximate surface area is 153 Å². The highest BCUT2D eigenvalue weighted by Crippen LogP contribution is 2.31. The molecule has 3 aromatic rings. The van der Waals surface area contributed by atoms with Crippen molar-refractivity contribution < 1.29 is 4.74 Å². The predicted molar refractivity (Wildman–Crippen MR) is 105 cm³/mol. The van der Waals surface area contributed by atoms with Crippen LogP contribution in [0.25, 0.3) is 11.3 Å². The van der Waals surface area contributed by atoms with Gasteiger partial charge in [0.05, 0.1) is 10.7 Å². The van der Waals surface area contributed by atoms with Crippen molar-refractivity contribution >= 4 is 11.3 Å². The summed E-state index contributed by atoms with van der Waals surface area (Å²) in [6.45, 7) is 5.75. The van der Waals surface area contributed by atoms with Crippen LogP contribution >= 0.6 is 11.3 Å². The van der Waals surface area contributed by atoms with Crippen LogP contribution in [0, 0.1) is 13.8 Å². The van der Waals surface area contributed by atoms with E-state index in [0.717, 1.165) is 41.1 Å². The van der Waals surface area contributed by atoms with Crippen LogP contribution in [0.5, 0.6) is 5.75 Å². The van der Waals surface area contributed by atoms with Gasteiger partial charge in [0.2, 0.25) is 0 Å². The number of aryl methyl sites for hydroxylation is 2. The number of hydrogen-bond donors (Lipinski definition) is 1. The summed E-state index contributed by atoms with van der Waals surface area (Å²) in [7, 11) is 1.97. The Balaban J connectivity index is 1.76. The van der Waals surface area contributed by atoms with Crippen molar-refractivity contribution in [3.8, 4) is 17.0 Å². The molecule has 0 fully saturated rings. The Morgan fingerprint density at radius 2 is 1.80 bits per heavy atom. The van der Waals surface area contributed by atoms with E-state index in [0.29, 0.717) is 6.61 Å². The standard InChI is InChI=1S/C21H24N2OS/c1-15-11-18(19-14-25-20(23-19)9-10-22-3)12-16(2)21(15)24-13-17-7-5-4-6-8-17/h4-8,11-12,14,22H,9-10,13H2,1-3H3. The highest BCUT2D eigenvalue weighted by molar-refractivity contribution is 7.09. The van der Waals surface area contributed by atoms with Crippen molar-refractivity contribution in [3.05, 3.63) is 69.5 Å². The fourth-order valence-electron chi connectivity index (χ4n) is 2.85. The fourth-order valence-corrected chi connectivity index (χ4v) is 3.65. The molecule has 2 aromatic carbocycles. The summed E-state index contributed by atoms with van der Waals surface area (Å²) in [4.78, 5) is 4.76. The molecule has 130 valence electrons. The summed E-state index contributed by atoms with van der Waals surface area (Å²) < 4.78 is 6.08. The van der Waals surface area contributed by atoms with Crippen LogP contribution in [-0.4, -0.2) is 18.6 Å². The molecule has 1 N–H and O–H groups in total. The summed E-state index contributed by atoms with van der Waals surface area (Å²) in [5, 5.41) is 6.48. The molecule has 0 radical (unpaired) electrons. The third kappa shape index (κ3) is 4.47. The summed E-state index contributed by atoms with van der Waals surface area (Å²) in [5.41, 5.74) is 5.69. The third-order valence-electron chi connectivity index (χ3n) is 4.12. The molecule has 0 bridgehead atoms. The van der Waals surface area contributed by atoms with Crippen LogP contribution in [0.4, 0.5) is 0 Å². The molecule has 0 unspecified atom stereocenters. The normalized spacial score (nSPS) is 10.8. The van der Waals surface area contributed by atoms with E-state index in [1.165, 1.54) is 10.6 Å². The second-order valence-electron chi connectivity index (χ2n) is 6.19. The average Bonchev–Trinajstić information content (AvgIpc) is 3.09. The van der Waals surface area contributed by atoms with Gasteiger partial charge in [-0.3, -0.25) is 0 Å². The van der Waals surface area contributed by atoms with Crippen LogP contribution in [0.1, 0.15) is 21.7 Å². The minimum Gasteiger partial charge on any atom is -0.488 e. The van der Waals surface area contributed by atoms with E-state index in [-0.39, 0.29) is 0 Å². The van der Waals surface area contributed by atoms with Crippen LogP contribution in [0.2, 0.25) is 0 Å². The van der Waals surface area contributed by atoms with Gasteiger partial charge in [0, 0.05) is 23.9 Å². The van der Waals surface area contributed by atoms with Gasteiger partial charge in [0.15, 0.2) is 0 Å². The summed E-state index contributed by atoms with van der Waals surface area (Å²) in [6, 6.07) is 14.6. The smallest absolute Gasteiger partial charge is 0.125 e. The number of likely N-dealkylation sites (N-methyl/N-ethyl adjacent to an activating group) is 1. The SMILES string of the molecule is CNCCc1nc(-c2cc(C)c(OCc3ccccc3)c(C)c2)cs1. The molecule has 25 heavy (non-hydrogen) atoms. The van der Waals surface area contributed by atoms with Crippen molar-refractivity contribution in [3.63, 3.8) is 0 Å². The zero-order chi connectivity index (χ0) is 17.6. The number of nitrogens with one attached hydrogen (secondary N) is 1. The van der Waals surface area contributed by atoms with Gasteiger partial charge in [0.25, 0.3) is 0 Å². The molecule has 0 aliphatic rings. The van der Waals surface area contributed by atoms with Crippen molar-refractivity contribution in [1.29, 1.82) is 0 Å². The summed E-state index contributed by atoms with van der Waals surface area (Å²) in [6.07, 6.45) is 0.970. The lowest BCUT2D eigenvalue weighted by atomic mass is 10.0.